The van der Waals surface area contributed by atoms with Crippen molar-refractivity contribution in [2.75, 3.05) is 12.8 Å². The van der Waals surface area contributed by atoms with E-state index in [9.17, 15) is 13.2 Å². The number of hydrazine groups is 2. The number of benzene rings is 1. The van der Waals surface area contributed by atoms with Gasteiger partial charge in [-0.15, -0.1) is 10.6 Å². The highest BCUT2D eigenvalue weighted by Crippen LogP contribution is 2.33. The molecular formula is C21H32N4O3S. The lowest BCUT2D eigenvalue weighted by Crippen LogP contribution is -2.37. The van der Waals surface area contributed by atoms with Gasteiger partial charge in [-0.1, -0.05) is 24.3 Å². The summed E-state index contributed by atoms with van der Waals surface area (Å²) >= 11 is 0. The Labute approximate surface area is 173 Å². The number of hydrogen-bond donors (Lipinski definition) is 2. The Morgan fingerprint density at radius 1 is 1.14 bits per heavy atom. The van der Waals surface area contributed by atoms with Crippen molar-refractivity contribution in [3.8, 4) is 0 Å². The van der Waals surface area contributed by atoms with Crippen molar-refractivity contribution in [3.05, 3.63) is 35.4 Å². The van der Waals surface area contributed by atoms with Crippen LogP contribution in [0.4, 0.5) is 0 Å². The van der Waals surface area contributed by atoms with Gasteiger partial charge in [-0.25, -0.2) is 14.0 Å². The molecule has 0 saturated heterocycles. The molecule has 0 spiro atoms. The van der Waals surface area contributed by atoms with E-state index in [1.165, 1.54) is 0 Å². The molecule has 8 heteroatoms. The van der Waals surface area contributed by atoms with Crippen LogP contribution in [0.1, 0.15) is 57.6 Å². The van der Waals surface area contributed by atoms with Crippen molar-refractivity contribution in [1.82, 2.24) is 16.1 Å². The van der Waals surface area contributed by atoms with Gasteiger partial charge in [0.1, 0.15) is 5.78 Å². The molecule has 1 fully saturated rings. The predicted octanol–water partition coefficient (Wildman–Crippen LogP) is 2.43. The summed E-state index contributed by atoms with van der Waals surface area (Å²) in [6.45, 7) is 5.27. The molecule has 2 aliphatic rings. The van der Waals surface area contributed by atoms with Crippen LogP contribution in [-0.4, -0.2) is 42.6 Å². The molecule has 0 atom stereocenters. The summed E-state index contributed by atoms with van der Waals surface area (Å²) in [7, 11) is -1.23. The summed E-state index contributed by atoms with van der Waals surface area (Å²) in [6, 6.07) is 7.90. The number of carbonyl (C=O) groups is 1. The summed E-state index contributed by atoms with van der Waals surface area (Å²) in [6.07, 6.45) is 3.64. The molecule has 0 bridgehead atoms. The number of ketones is 1. The van der Waals surface area contributed by atoms with Gasteiger partial charge in [0.25, 0.3) is 0 Å². The molecule has 0 unspecified atom stereocenters. The van der Waals surface area contributed by atoms with Crippen molar-refractivity contribution in [2.24, 2.45) is 16.9 Å². The number of sulfone groups is 1. The zero-order valence-corrected chi connectivity index (χ0v) is 18.6. The Balaban J connectivity index is 1.51. The molecule has 2 N–H and O–H groups in total. The molecule has 1 aliphatic carbocycles. The molecule has 3 rings (SSSR count). The summed E-state index contributed by atoms with van der Waals surface area (Å²) < 4.78 is 24.2. The van der Waals surface area contributed by atoms with Gasteiger partial charge >= 0.3 is 0 Å². The Bertz CT molecular complexity index is 864. The van der Waals surface area contributed by atoms with E-state index in [1.807, 2.05) is 31.3 Å². The van der Waals surface area contributed by atoms with Crippen LogP contribution < -0.4 is 11.1 Å². The van der Waals surface area contributed by atoms with Gasteiger partial charge in [0.05, 0.1) is 10.5 Å². The minimum atomic E-state index is -3.11. The number of amidine groups is 1. The van der Waals surface area contributed by atoms with Gasteiger partial charge in [-0.05, 0) is 57.9 Å². The van der Waals surface area contributed by atoms with E-state index in [-0.39, 0.29) is 23.4 Å². The third-order valence-electron chi connectivity index (χ3n) is 5.98. The number of hydrazone groups is 1. The third-order valence-corrected chi connectivity index (χ3v) is 8.75. The molecule has 1 aromatic carbocycles. The smallest absolute Gasteiger partial charge is 0.172 e. The van der Waals surface area contributed by atoms with E-state index in [4.69, 9.17) is 0 Å². The van der Waals surface area contributed by atoms with Crippen molar-refractivity contribution in [1.29, 1.82) is 0 Å². The second kappa shape index (κ2) is 8.44. The van der Waals surface area contributed by atoms with E-state index in [2.05, 4.69) is 16.2 Å². The normalized spacial score (nSPS) is 22.9. The molecule has 0 radical (unpaired) electrons. The maximum Gasteiger partial charge on any atom is 0.172 e. The van der Waals surface area contributed by atoms with Crippen molar-refractivity contribution >= 4 is 21.5 Å². The summed E-state index contributed by atoms with van der Waals surface area (Å²) in [4.78, 5) is 12.7. The van der Waals surface area contributed by atoms with Crippen LogP contribution in [0.25, 0.3) is 0 Å². The first-order valence-corrected chi connectivity index (χ1v) is 11.9. The van der Waals surface area contributed by atoms with Crippen molar-refractivity contribution < 1.29 is 13.2 Å². The summed E-state index contributed by atoms with van der Waals surface area (Å²) in [5.74, 6) is 1.51. The van der Waals surface area contributed by atoms with Crippen LogP contribution in [0.3, 0.4) is 0 Å². The number of rotatable bonds is 6. The number of hydrogen-bond acceptors (Lipinski definition) is 7. The Hall–Kier alpha value is -1.93. The fraction of sp³-hybridized carbons (Fsp3) is 0.619. The molecule has 29 heavy (non-hydrogen) atoms. The molecular weight excluding hydrogens is 388 g/mol. The van der Waals surface area contributed by atoms with Crippen LogP contribution in [-0.2, 0) is 21.1 Å². The largest absolute Gasteiger partial charge is 0.299 e. The molecule has 7 nitrogen and oxygen atoms in total. The van der Waals surface area contributed by atoms with Gasteiger partial charge in [0.15, 0.2) is 15.7 Å². The van der Waals surface area contributed by atoms with Crippen molar-refractivity contribution in [3.63, 3.8) is 0 Å². The Kier molecular flexibility index (Phi) is 6.33. The van der Waals surface area contributed by atoms with Gasteiger partial charge in [0.2, 0.25) is 0 Å². The predicted molar refractivity (Wildman–Crippen MR) is 115 cm³/mol. The van der Waals surface area contributed by atoms with Crippen molar-refractivity contribution in [2.45, 2.75) is 57.6 Å². The zero-order chi connectivity index (χ0) is 21.2. The minimum absolute atomic E-state index is 0.0435. The highest BCUT2D eigenvalue weighted by molar-refractivity contribution is 7.92. The summed E-state index contributed by atoms with van der Waals surface area (Å²) in [5, 5.41) is 5.96. The van der Waals surface area contributed by atoms with Crippen LogP contribution in [0.15, 0.2) is 29.4 Å². The lowest BCUT2D eigenvalue weighted by molar-refractivity contribution is -0.123. The lowest BCUT2D eigenvalue weighted by atomic mass is 9.79. The fourth-order valence-electron chi connectivity index (χ4n) is 3.87. The van der Waals surface area contributed by atoms with E-state index >= 15 is 0 Å². The molecule has 0 aromatic heterocycles. The number of Topliss-reactive ketones (excluding diaryl/α,β-unsaturated/α-hetero) is 1. The third kappa shape index (κ3) is 5.17. The molecule has 1 aromatic rings. The van der Waals surface area contributed by atoms with Gasteiger partial charge < -0.3 is 0 Å². The summed E-state index contributed by atoms with van der Waals surface area (Å²) in [5.41, 5.74) is 7.55. The highest BCUT2D eigenvalue weighted by Gasteiger charge is 2.34. The first kappa shape index (κ1) is 21.8. The monoisotopic (exact) mass is 420 g/mol. The van der Waals surface area contributed by atoms with Crippen LogP contribution in [0.2, 0.25) is 0 Å². The highest BCUT2D eigenvalue weighted by atomic mass is 32.2. The Morgan fingerprint density at radius 2 is 1.76 bits per heavy atom. The van der Waals surface area contributed by atoms with Gasteiger partial charge in [-0.3, -0.25) is 9.80 Å². The van der Waals surface area contributed by atoms with E-state index in [1.54, 1.807) is 25.8 Å². The molecule has 160 valence electrons. The maximum atomic E-state index is 12.7. The first-order valence-electron chi connectivity index (χ1n) is 10.2. The molecule has 1 saturated carbocycles. The lowest BCUT2D eigenvalue weighted by Gasteiger charge is -2.30. The topological polar surface area (TPSA) is 90.9 Å². The Morgan fingerprint density at radius 3 is 2.28 bits per heavy atom. The number of nitrogens with zero attached hydrogens (tertiary/aromatic N) is 2. The van der Waals surface area contributed by atoms with Crippen LogP contribution >= 0.6 is 0 Å². The molecule has 1 aliphatic heterocycles. The van der Waals surface area contributed by atoms with Crippen LogP contribution in [0.5, 0.6) is 0 Å². The number of nitrogens with one attached hydrogen (secondary N) is 2. The molecule has 0 amide bonds. The maximum absolute atomic E-state index is 12.7. The zero-order valence-electron chi connectivity index (χ0n) is 17.7. The second-order valence-corrected chi connectivity index (χ2v) is 12.0. The van der Waals surface area contributed by atoms with E-state index < -0.39 is 14.6 Å². The standard InChI is InChI=1S/C21H32N4O3S/c1-21(2,3)29(27,28)14-16-7-9-17(10-8-16)19(26)13-15-5-11-18(12-6-15)20-22-23-24-25(20)4/h5-6,11-12,16-17,23-24H,7-10,13-14H2,1-4H3. The minimum Gasteiger partial charge on any atom is -0.299 e. The molecule has 1 heterocycles. The average molecular weight is 421 g/mol. The average Bonchev–Trinajstić information content (AvgIpc) is 3.07. The quantitative estimate of drug-likeness (QED) is 0.735. The fourth-order valence-corrected chi connectivity index (χ4v) is 5.32. The SMILES string of the molecule is CN1NNN=C1c1ccc(CC(=O)C2CCC(CS(=O)(=O)C(C)(C)C)CC2)cc1. The van der Waals surface area contributed by atoms with E-state index in [0.717, 1.165) is 42.6 Å². The number of carbonyl (C=O) groups excluding carboxylic acids is 1. The van der Waals surface area contributed by atoms with Gasteiger partial charge in [0, 0.05) is 24.9 Å². The second-order valence-electron chi connectivity index (χ2n) is 9.17. The van der Waals surface area contributed by atoms with Gasteiger partial charge in [-0.2, -0.15) is 0 Å². The van der Waals surface area contributed by atoms with Crippen LogP contribution in [0, 0.1) is 11.8 Å². The van der Waals surface area contributed by atoms with E-state index in [0.29, 0.717) is 6.42 Å². The first-order chi connectivity index (χ1) is 13.6.